The number of rotatable bonds is 5. The topological polar surface area (TPSA) is 105 Å². The van der Waals surface area contributed by atoms with E-state index in [0.717, 1.165) is 36.9 Å². The van der Waals surface area contributed by atoms with E-state index in [0.29, 0.717) is 11.4 Å². The highest BCUT2D eigenvalue weighted by Crippen LogP contribution is 2.19. The Kier molecular flexibility index (Phi) is 5.57. The molecule has 1 fully saturated rings. The van der Waals surface area contributed by atoms with E-state index in [9.17, 15) is 4.79 Å². The highest BCUT2D eigenvalue weighted by atomic mass is 16.2. The predicted molar refractivity (Wildman–Crippen MR) is 97.3 cm³/mol. The van der Waals surface area contributed by atoms with Crippen molar-refractivity contribution < 1.29 is 4.79 Å². The minimum atomic E-state index is -0.242. The molecule has 2 aromatic heterocycles. The second-order valence-electron chi connectivity index (χ2n) is 6.43. The number of amides is 1. The summed E-state index contributed by atoms with van der Waals surface area (Å²) in [6.07, 6.45) is 9.34. The number of nitrogens with two attached hydrogens (primary N) is 1. The zero-order chi connectivity index (χ0) is 17.6. The molecule has 0 aliphatic heterocycles. The fraction of sp³-hybridized carbons (Fsp3) is 0.389. The van der Waals surface area contributed by atoms with Gasteiger partial charge in [-0.05, 0) is 43.5 Å². The SMILES string of the molecule is Cc1cncc(Nc2ncccc2C(=O)NN[C@@H]2CCCC[C@@H]2N)c1. The Bertz CT molecular complexity index is 735. The van der Waals surface area contributed by atoms with Gasteiger partial charge in [-0.3, -0.25) is 15.2 Å². The molecule has 0 aromatic carbocycles. The number of aryl methyl sites for hydroxylation is 1. The Balaban J connectivity index is 1.68. The van der Waals surface area contributed by atoms with Gasteiger partial charge in [-0.1, -0.05) is 12.8 Å². The van der Waals surface area contributed by atoms with Crippen LogP contribution in [0.3, 0.4) is 0 Å². The van der Waals surface area contributed by atoms with E-state index in [1.54, 1.807) is 30.7 Å². The number of nitrogens with zero attached hydrogens (tertiary/aromatic N) is 2. The molecule has 0 radical (unpaired) electrons. The third kappa shape index (κ3) is 4.52. The predicted octanol–water partition coefficient (Wildman–Crippen LogP) is 2.03. The molecular weight excluding hydrogens is 316 g/mol. The number of hydrogen-bond acceptors (Lipinski definition) is 6. The number of hydrazine groups is 1. The molecule has 25 heavy (non-hydrogen) atoms. The maximum absolute atomic E-state index is 12.6. The zero-order valence-corrected chi connectivity index (χ0v) is 14.3. The first-order valence-electron chi connectivity index (χ1n) is 8.58. The van der Waals surface area contributed by atoms with Crippen molar-refractivity contribution in [2.75, 3.05) is 5.32 Å². The Labute approximate surface area is 147 Å². The van der Waals surface area contributed by atoms with Crippen molar-refractivity contribution in [2.24, 2.45) is 5.73 Å². The Morgan fingerprint density at radius 1 is 1.28 bits per heavy atom. The molecule has 0 saturated heterocycles. The quantitative estimate of drug-likeness (QED) is 0.621. The number of hydrogen-bond donors (Lipinski definition) is 4. The second kappa shape index (κ2) is 8.04. The van der Waals surface area contributed by atoms with Crippen LogP contribution in [0.15, 0.2) is 36.8 Å². The summed E-state index contributed by atoms with van der Waals surface area (Å²) in [5, 5.41) is 3.15. The average molecular weight is 340 g/mol. The molecule has 1 saturated carbocycles. The van der Waals surface area contributed by atoms with Gasteiger partial charge in [0, 0.05) is 24.5 Å². The van der Waals surface area contributed by atoms with E-state index in [-0.39, 0.29) is 18.0 Å². The molecule has 1 aliphatic carbocycles. The van der Waals surface area contributed by atoms with E-state index in [2.05, 4.69) is 26.1 Å². The van der Waals surface area contributed by atoms with Crippen LogP contribution in [0.25, 0.3) is 0 Å². The lowest BCUT2D eigenvalue weighted by molar-refractivity contribution is 0.0917. The summed E-state index contributed by atoms with van der Waals surface area (Å²) in [7, 11) is 0. The fourth-order valence-corrected chi connectivity index (χ4v) is 3.01. The van der Waals surface area contributed by atoms with Crippen LogP contribution >= 0.6 is 0 Å². The van der Waals surface area contributed by atoms with E-state index >= 15 is 0 Å². The number of anilines is 2. The normalized spacial score (nSPS) is 20.1. The van der Waals surface area contributed by atoms with Crippen molar-refractivity contribution >= 4 is 17.4 Å². The van der Waals surface area contributed by atoms with E-state index < -0.39 is 0 Å². The fourth-order valence-electron chi connectivity index (χ4n) is 3.01. The minimum Gasteiger partial charge on any atom is -0.338 e. The van der Waals surface area contributed by atoms with Crippen LogP contribution in [0.5, 0.6) is 0 Å². The highest BCUT2D eigenvalue weighted by molar-refractivity contribution is 5.99. The molecule has 0 spiro atoms. The van der Waals surface area contributed by atoms with Gasteiger partial charge < -0.3 is 11.1 Å². The lowest BCUT2D eigenvalue weighted by atomic mass is 9.91. The standard InChI is InChI=1S/C18H24N6O/c1-12-9-13(11-20-10-12)22-17-14(5-4-8-21-17)18(25)24-23-16-7-3-2-6-15(16)19/h4-5,8-11,15-16,23H,2-3,6-7,19H2,1H3,(H,21,22)(H,24,25)/t15-,16+/m0/s1. The molecule has 2 aromatic rings. The Hall–Kier alpha value is -2.51. The van der Waals surface area contributed by atoms with Crippen LogP contribution < -0.4 is 21.9 Å². The van der Waals surface area contributed by atoms with Crippen molar-refractivity contribution in [2.45, 2.75) is 44.7 Å². The lowest BCUT2D eigenvalue weighted by Crippen LogP contribution is -2.53. The number of nitrogens with one attached hydrogen (secondary N) is 3. The van der Waals surface area contributed by atoms with Crippen molar-refractivity contribution in [3.63, 3.8) is 0 Å². The summed E-state index contributed by atoms with van der Waals surface area (Å²) < 4.78 is 0. The van der Waals surface area contributed by atoms with Crippen LogP contribution in [0, 0.1) is 6.92 Å². The van der Waals surface area contributed by atoms with Crippen LogP contribution in [0.2, 0.25) is 0 Å². The first-order chi connectivity index (χ1) is 12.1. The molecule has 5 N–H and O–H groups in total. The number of carbonyl (C=O) groups is 1. The lowest BCUT2D eigenvalue weighted by Gasteiger charge is -2.29. The van der Waals surface area contributed by atoms with Gasteiger partial charge in [0.1, 0.15) is 5.82 Å². The smallest absolute Gasteiger partial charge is 0.269 e. The van der Waals surface area contributed by atoms with E-state index in [1.165, 1.54) is 0 Å². The third-order valence-corrected chi connectivity index (χ3v) is 4.38. The van der Waals surface area contributed by atoms with Crippen molar-refractivity contribution in [3.8, 4) is 0 Å². The molecule has 3 rings (SSSR count). The molecule has 1 aliphatic rings. The van der Waals surface area contributed by atoms with Crippen molar-refractivity contribution in [1.29, 1.82) is 0 Å². The monoisotopic (exact) mass is 340 g/mol. The summed E-state index contributed by atoms with van der Waals surface area (Å²) in [4.78, 5) is 21.0. The first kappa shape index (κ1) is 17.3. The molecule has 132 valence electrons. The molecule has 2 atom stereocenters. The maximum Gasteiger partial charge on any atom is 0.269 e. The first-order valence-corrected chi connectivity index (χ1v) is 8.58. The van der Waals surface area contributed by atoms with Gasteiger partial charge >= 0.3 is 0 Å². The van der Waals surface area contributed by atoms with Gasteiger partial charge in [0.25, 0.3) is 5.91 Å². The van der Waals surface area contributed by atoms with Crippen molar-refractivity contribution in [1.82, 2.24) is 20.8 Å². The van der Waals surface area contributed by atoms with Gasteiger partial charge in [-0.25, -0.2) is 10.4 Å². The molecule has 1 amide bonds. The molecular formula is C18H24N6O. The summed E-state index contributed by atoms with van der Waals surface area (Å²) in [6, 6.07) is 5.59. The maximum atomic E-state index is 12.6. The largest absolute Gasteiger partial charge is 0.338 e. The Morgan fingerprint density at radius 2 is 2.12 bits per heavy atom. The highest BCUT2D eigenvalue weighted by Gasteiger charge is 2.22. The number of carbonyl (C=O) groups excluding carboxylic acids is 1. The molecule has 0 unspecified atom stereocenters. The minimum absolute atomic E-state index is 0.0684. The van der Waals surface area contributed by atoms with Gasteiger partial charge in [0.15, 0.2) is 0 Å². The summed E-state index contributed by atoms with van der Waals surface area (Å²) in [6.45, 7) is 1.96. The Morgan fingerprint density at radius 3 is 2.92 bits per heavy atom. The number of aromatic nitrogens is 2. The van der Waals surface area contributed by atoms with Crippen molar-refractivity contribution in [3.05, 3.63) is 47.9 Å². The molecule has 7 heteroatoms. The van der Waals surface area contributed by atoms with Gasteiger partial charge in [-0.2, -0.15) is 0 Å². The summed E-state index contributed by atoms with van der Waals surface area (Å²) in [5.41, 5.74) is 14.2. The summed E-state index contributed by atoms with van der Waals surface area (Å²) in [5.74, 6) is 0.246. The van der Waals surface area contributed by atoms with E-state index in [1.807, 2.05) is 13.0 Å². The third-order valence-electron chi connectivity index (χ3n) is 4.38. The second-order valence-corrected chi connectivity index (χ2v) is 6.43. The average Bonchev–Trinajstić information content (AvgIpc) is 2.61. The zero-order valence-electron chi connectivity index (χ0n) is 14.3. The van der Waals surface area contributed by atoms with E-state index in [4.69, 9.17) is 5.73 Å². The molecule has 7 nitrogen and oxygen atoms in total. The molecule has 2 heterocycles. The van der Waals surface area contributed by atoms with Crippen LogP contribution in [0.4, 0.5) is 11.5 Å². The number of pyridine rings is 2. The van der Waals surface area contributed by atoms with Gasteiger partial charge in [-0.15, -0.1) is 0 Å². The molecule has 0 bridgehead atoms. The summed E-state index contributed by atoms with van der Waals surface area (Å²) >= 11 is 0. The van der Waals surface area contributed by atoms with Crippen LogP contribution in [-0.4, -0.2) is 28.0 Å². The van der Waals surface area contributed by atoms with Crippen LogP contribution in [-0.2, 0) is 0 Å². The van der Waals surface area contributed by atoms with Gasteiger partial charge in [0.2, 0.25) is 0 Å². The van der Waals surface area contributed by atoms with Gasteiger partial charge in [0.05, 0.1) is 17.4 Å². The van der Waals surface area contributed by atoms with Crippen LogP contribution in [0.1, 0.15) is 41.6 Å².